The monoisotopic (exact) mass is 133 g/mol. The van der Waals surface area contributed by atoms with Crippen molar-refractivity contribution in [1.82, 2.24) is 5.32 Å². The van der Waals surface area contributed by atoms with Crippen LogP contribution in [-0.2, 0) is 4.79 Å². The van der Waals surface area contributed by atoms with Crippen LogP contribution in [0, 0.1) is 0 Å². The topological polar surface area (TPSA) is 29.1 Å². The fraction of sp³-hybridized carbons (Fsp3) is 0.125. The summed E-state index contributed by atoms with van der Waals surface area (Å²) in [4.78, 5) is 10.8. The Bertz CT molecular complexity index is 271. The summed E-state index contributed by atoms with van der Waals surface area (Å²) in [7, 11) is 0. The molecule has 2 aliphatic rings. The third-order valence-corrected chi connectivity index (χ3v) is 1.68. The van der Waals surface area contributed by atoms with Crippen molar-refractivity contribution in [3.05, 3.63) is 35.5 Å². The lowest BCUT2D eigenvalue weighted by Gasteiger charge is -2.11. The first-order valence-electron chi connectivity index (χ1n) is 3.23. The average molecular weight is 133 g/mol. The van der Waals surface area contributed by atoms with Crippen LogP contribution in [0.2, 0.25) is 0 Å². The molecule has 0 aromatic rings. The molecule has 2 nitrogen and oxygen atoms in total. The molecule has 0 bridgehead atoms. The van der Waals surface area contributed by atoms with Crippen molar-refractivity contribution in [3.63, 3.8) is 0 Å². The predicted molar refractivity (Wildman–Crippen MR) is 38.3 cm³/mol. The molecule has 1 aliphatic heterocycles. The first-order valence-corrected chi connectivity index (χ1v) is 3.23. The maximum atomic E-state index is 10.8. The number of rotatable bonds is 0. The van der Waals surface area contributed by atoms with Gasteiger partial charge in [-0.15, -0.1) is 0 Å². The maximum absolute atomic E-state index is 10.8. The average Bonchev–Trinajstić information content (AvgIpc) is 2.33. The molecule has 0 saturated heterocycles. The number of hydrogen-bond acceptors (Lipinski definition) is 1. The Labute approximate surface area is 58.9 Å². The van der Waals surface area contributed by atoms with Crippen molar-refractivity contribution in [2.75, 3.05) is 6.54 Å². The van der Waals surface area contributed by atoms with Crippen LogP contribution in [0.1, 0.15) is 0 Å². The van der Waals surface area contributed by atoms with Gasteiger partial charge in [0.25, 0.3) is 0 Å². The summed E-state index contributed by atoms with van der Waals surface area (Å²) >= 11 is 0. The maximum Gasteiger partial charge on any atom is 0.244 e. The van der Waals surface area contributed by atoms with E-state index in [9.17, 15) is 4.79 Å². The molecule has 1 heterocycles. The highest BCUT2D eigenvalue weighted by Crippen LogP contribution is 2.19. The molecule has 50 valence electrons. The number of carbonyl (C=O) groups is 1. The van der Waals surface area contributed by atoms with Gasteiger partial charge < -0.3 is 5.32 Å². The highest BCUT2D eigenvalue weighted by Gasteiger charge is 2.13. The van der Waals surface area contributed by atoms with Gasteiger partial charge in [0, 0.05) is 12.6 Å². The van der Waals surface area contributed by atoms with E-state index in [0.29, 0.717) is 6.54 Å². The Kier molecular flexibility index (Phi) is 1.01. The Morgan fingerprint density at radius 2 is 2.40 bits per heavy atom. The summed E-state index contributed by atoms with van der Waals surface area (Å²) in [5.74, 6) is 0.0127. The van der Waals surface area contributed by atoms with E-state index in [1.54, 1.807) is 6.08 Å². The van der Waals surface area contributed by atoms with Crippen LogP contribution in [0.4, 0.5) is 0 Å². The molecule has 1 N–H and O–H groups in total. The predicted octanol–water partition coefficient (Wildman–Crippen LogP) is 0.539. The zero-order valence-electron chi connectivity index (χ0n) is 5.42. The number of hydrogen-bond donors (Lipinski definition) is 1. The molecule has 0 saturated carbocycles. The van der Waals surface area contributed by atoms with E-state index in [1.807, 2.05) is 18.2 Å². The molecular formula is C8H7NO. The largest absolute Gasteiger partial charge is 0.348 e. The van der Waals surface area contributed by atoms with Crippen LogP contribution in [0.15, 0.2) is 35.5 Å². The summed E-state index contributed by atoms with van der Waals surface area (Å²) < 4.78 is 0. The summed E-state index contributed by atoms with van der Waals surface area (Å²) in [5.41, 5.74) is 2.27. The highest BCUT2D eigenvalue weighted by molar-refractivity contribution is 5.92. The Balaban J connectivity index is 2.43. The standard InChI is InChI=1S/C8H7NO/c10-8-4-6-2-1-3-7(6)5-9-8/h1-4H,5H2,(H,9,10). The summed E-state index contributed by atoms with van der Waals surface area (Å²) in [6.07, 6.45) is 7.56. The molecule has 0 aromatic heterocycles. The van der Waals surface area contributed by atoms with Crippen LogP contribution in [-0.4, -0.2) is 12.5 Å². The lowest BCUT2D eigenvalue weighted by molar-refractivity contribution is -0.116. The van der Waals surface area contributed by atoms with E-state index < -0.39 is 0 Å². The molecular weight excluding hydrogens is 126 g/mol. The van der Waals surface area contributed by atoms with Crippen molar-refractivity contribution < 1.29 is 4.79 Å². The number of amides is 1. The first kappa shape index (κ1) is 5.47. The fourth-order valence-electron chi connectivity index (χ4n) is 1.15. The summed E-state index contributed by atoms with van der Waals surface area (Å²) in [5, 5.41) is 2.73. The molecule has 0 unspecified atom stereocenters. The zero-order valence-corrected chi connectivity index (χ0v) is 5.42. The number of carbonyl (C=O) groups excluding carboxylic acids is 1. The second-order valence-electron chi connectivity index (χ2n) is 2.37. The van der Waals surface area contributed by atoms with Gasteiger partial charge in [0.15, 0.2) is 0 Å². The number of fused-ring (bicyclic) bond motifs is 1. The number of allylic oxidation sites excluding steroid dienone is 3. The van der Waals surface area contributed by atoms with Crippen molar-refractivity contribution in [3.8, 4) is 0 Å². The molecule has 2 heteroatoms. The van der Waals surface area contributed by atoms with E-state index in [2.05, 4.69) is 5.32 Å². The SMILES string of the molecule is O=C1C=C2C=CC=C2CN1. The van der Waals surface area contributed by atoms with Crippen LogP contribution in [0.25, 0.3) is 0 Å². The molecule has 0 fully saturated rings. The third-order valence-electron chi connectivity index (χ3n) is 1.68. The van der Waals surface area contributed by atoms with E-state index in [4.69, 9.17) is 0 Å². The van der Waals surface area contributed by atoms with E-state index in [0.717, 1.165) is 5.57 Å². The minimum atomic E-state index is 0.0127. The quantitative estimate of drug-likeness (QED) is 0.513. The van der Waals surface area contributed by atoms with Gasteiger partial charge in [-0.2, -0.15) is 0 Å². The van der Waals surface area contributed by atoms with Gasteiger partial charge >= 0.3 is 0 Å². The second-order valence-corrected chi connectivity index (χ2v) is 2.37. The molecule has 2 rings (SSSR count). The van der Waals surface area contributed by atoms with Gasteiger partial charge in [0.2, 0.25) is 5.91 Å². The molecule has 0 spiro atoms. The van der Waals surface area contributed by atoms with Crippen molar-refractivity contribution in [2.24, 2.45) is 0 Å². The minimum absolute atomic E-state index is 0.0127. The van der Waals surface area contributed by atoms with Crippen LogP contribution >= 0.6 is 0 Å². The van der Waals surface area contributed by atoms with Crippen LogP contribution in [0.5, 0.6) is 0 Å². The molecule has 0 atom stereocenters. The van der Waals surface area contributed by atoms with Gasteiger partial charge in [-0.25, -0.2) is 0 Å². The normalized spacial score (nSPS) is 21.4. The van der Waals surface area contributed by atoms with E-state index >= 15 is 0 Å². The smallest absolute Gasteiger partial charge is 0.244 e. The van der Waals surface area contributed by atoms with Crippen molar-refractivity contribution in [1.29, 1.82) is 0 Å². The fourth-order valence-corrected chi connectivity index (χ4v) is 1.15. The molecule has 0 radical (unpaired) electrons. The van der Waals surface area contributed by atoms with Crippen LogP contribution < -0.4 is 5.32 Å². The van der Waals surface area contributed by atoms with Crippen molar-refractivity contribution >= 4 is 5.91 Å². The first-order chi connectivity index (χ1) is 4.86. The second kappa shape index (κ2) is 1.84. The lowest BCUT2D eigenvalue weighted by Crippen LogP contribution is -2.27. The van der Waals surface area contributed by atoms with Gasteiger partial charge in [0.1, 0.15) is 0 Å². The third kappa shape index (κ3) is 0.692. The zero-order chi connectivity index (χ0) is 6.97. The number of nitrogens with one attached hydrogen (secondary N) is 1. The lowest BCUT2D eigenvalue weighted by atomic mass is 10.1. The Morgan fingerprint density at radius 3 is 3.30 bits per heavy atom. The van der Waals surface area contributed by atoms with Gasteiger partial charge in [0.05, 0.1) is 0 Å². The Morgan fingerprint density at radius 1 is 1.50 bits per heavy atom. The summed E-state index contributed by atoms with van der Waals surface area (Å²) in [6, 6.07) is 0. The van der Waals surface area contributed by atoms with Crippen LogP contribution in [0.3, 0.4) is 0 Å². The Hall–Kier alpha value is -1.31. The van der Waals surface area contributed by atoms with Gasteiger partial charge in [-0.3, -0.25) is 4.79 Å². The molecule has 10 heavy (non-hydrogen) atoms. The molecule has 1 amide bonds. The van der Waals surface area contributed by atoms with Gasteiger partial charge in [-0.1, -0.05) is 18.2 Å². The van der Waals surface area contributed by atoms with E-state index in [1.165, 1.54) is 5.57 Å². The van der Waals surface area contributed by atoms with E-state index in [-0.39, 0.29) is 5.91 Å². The molecule has 0 aromatic carbocycles. The van der Waals surface area contributed by atoms with Crippen molar-refractivity contribution in [2.45, 2.75) is 0 Å². The summed E-state index contributed by atoms with van der Waals surface area (Å²) in [6.45, 7) is 0.678. The minimum Gasteiger partial charge on any atom is -0.348 e. The van der Waals surface area contributed by atoms with Gasteiger partial charge in [-0.05, 0) is 11.1 Å². The highest BCUT2D eigenvalue weighted by atomic mass is 16.1. The molecule has 1 aliphatic carbocycles.